The lowest BCUT2D eigenvalue weighted by Crippen LogP contribution is -2.33. The molecule has 1 aromatic rings. The van der Waals surface area contributed by atoms with Gasteiger partial charge in [-0.3, -0.25) is 4.79 Å². The number of carbonyl (C=O) groups excluding carboxylic acids is 1. The predicted octanol–water partition coefficient (Wildman–Crippen LogP) is 1.44. The molecule has 6 heteroatoms. The van der Waals surface area contributed by atoms with Crippen molar-refractivity contribution < 1.29 is 18.7 Å². The van der Waals surface area contributed by atoms with Crippen LogP contribution in [0.15, 0.2) is 12.1 Å². The molecule has 1 aromatic carbocycles. The van der Waals surface area contributed by atoms with Gasteiger partial charge in [-0.15, -0.1) is 0 Å². The van der Waals surface area contributed by atoms with Crippen molar-refractivity contribution >= 4 is 11.6 Å². The summed E-state index contributed by atoms with van der Waals surface area (Å²) >= 11 is 0. The second kappa shape index (κ2) is 5.52. The predicted molar refractivity (Wildman–Crippen MR) is 66.5 cm³/mol. The molecule has 2 atom stereocenters. The number of halogens is 2. The zero-order valence-corrected chi connectivity index (χ0v) is 10.3. The Hall–Kier alpha value is -1.69. The SMILES string of the molecule is Nc1cc(C(=O)NCC2CCCC2O)c(F)cc1F. The zero-order valence-electron chi connectivity index (χ0n) is 10.3. The van der Waals surface area contributed by atoms with Crippen LogP contribution in [0, 0.1) is 17.6 Å². The molecule has 19 heavy (non-hydrogen) atoms. The Kier molecular flexibility index (Phi) is 3.99. The van der Waals surface area contributed by atoms with E-state index in [9.17, 15) is 18.7 Å². The molecular weight excluding hydrogens is 254 g/mol. The summed E-state index contributed by atoms with van der Waals surface area (Å²) in [5.74, 6) is -2.50. The van der Waals surface area contributed by atoms with Gasteiger partial charge in [-0.1, -0.05) is 6.42 Å². The molecule has 0 heterocycles. The number of nitrogen functional groups attached to an aromatic ring is 1. The van der Waals surface area contributed by atoms with Crippen LogP contribution in [-0.4, -0.2) is 23.7 Å². The van der Waals surface area contributed by atoms with E-state index < -0.39 is 23.6 Å². The highest BCUT2D eigenvalue weighted by molar-refractivity contribution is 5.95. The maximum absolute atomic E-state index is 13.5. The van der Waals surface area contributed by atoms with Crippen molar-refractivity contribution in [1.82, 2.24) is 5.32 Å². The van der Waals surface area contributed by atoms with Gasteiger partial charge in [0.25, 0.3) is 5.91 Å². The van der Waals surface area contributed by atoms with Gasteiger partial charge in [-0.05, 0) is 18.9 Å². The first-order valence-corrected chi connectivity index (χ1v) is 6.20. The van der Waals surface area contributed by atoms with Gasteiger partial charge in [0, 0.05) is 18.5 Å². The van der Waals surface area contributed by atoms with E-state index in [1.807, 2.05) is 0 Å². The summed E-state index contributed by atoms with van der Waals surface area (Å²) in [5.41, 5.74) is 4.75. The van der Waals surface area contributed by atoms with Crippen molar-refractivity contribution in [3.63, 3.8) is 0 Å². The van der Waals surface area contributed by atoms with E-state index in [1.54, 1.807) is 0 Å². The van der Waals surface area contributed by atoms with Gasteiger partial charge >= 0.3 is 0 Å². The minimum Gasteiger partial charge on any atom is -0.396 e. The molecule has 2 rings (SSSR count). The molecule has 1 saturated carbocycles. The number of nitrogens with one attached hydrogen (secondary N) is 1. The van der Waals surface area contributed by atoms with E-state index in [4.69, 9.17) is 5.73 Å². The van der Waals surface area contributed by atoms with E-state index >= 15 is 0 Å². The van der Waals surface area contributed by atoms with Crippen LogP contribution in [0.4, 0.5) is 14.5 Å². The van der Waals surface area contributed by atoms with Crippen molar-refractivity contribution in [3.8, 4) is 0 Å². The fourth-order valence-corrected chi connectivity index (χ4v) is 2.31. The average Bonchev–Trinajstić information content (AvgIpc) is 2.76. The first-order valence-electron chi connectivity index (χ1n) is 6.20. The molecule has 1 aliphatic rings. The number of aliphatic hydroxyl groups excluding tert-OH is 1. The van der Waals surface area contributed by atoms with Crippen LogP contribution in [0.1, 0.15) is 29.6 Å². The van der Waals surface area contributed by atoms with Crippen LogP contribution in [-0.2, 0) is 0 Å². The first kappa shape index (κ1) is 13.7. The maximum Gasteiger partial charge on any atom is 0.254 e. The molecule has 1 aliphatic carbocycles. The highest BCUT2D eigenvalue weighted by Crippen LogP contribution is 2.25. The largest absolute Gasteiger partial charge is 0.396 e. The second-order valence-electron chi connectivity index (χ2n) is 4.82. The number of nitrogens with two attached hydrogens (primary N) is 1. The fraction of sp³-hybridized carbons (Fsp3) is 0.462. The number of carbonyl (C=O) groups is 1. The smallest absolute Gasteiger partial charge is 0.254 e. The van der Waals surface area contributed by atoms with Crippen LogP contribution >= 0.6 is 0 Å². The molecular formula is C13H16F2N2O2. The van der Waals surface area contributed by atoms with Crippen LogP contribution in [0.3, 0.4) is 0 Å². The van der Waals surface area contributed by atoms with E-state index in [-0.39, 0.29) is 23.7 Å². The normalized spacial score (nSPS) is 22.5. The Balaban J connectivity index is 2.02. The molecule has 0 bridgehead atoms. The molecule has 1 amide bonds. The molecule has 104 valence electrons. The maximum atomic E-state index is 13.5. The molecule has 2 unspecified atom stereocenters. The summed E-state index contributed by atoms with van der Waals surface area (Å²) in [7, 11) is 0. The van der Waals surface area contributed by atoms with Gasteiger partial charge in [0.15, 0.2) is 0 Å². The standard InChI is InChI=1S/C13H16F2N2O2/c14-9-5-10(15)11(16)4-8(9)13(19)17-6-7-2-1-3-12(7)18/h4-5,7,12,18H,1-3,6,16H2,(H,17,19). The molecule has 4 nitrogen and oxygen atoms in total. The Bertz CT molecular complexity index is 494. The van der Waals surface area contributed by atoms with Gasteiger partial charge in [0.1, 0.15) is 11.6 Å². The Morgan fingerprint density at radius 3 is 2.74 bits per heavy atom. The van der Waals surface area contributed by atoms with Crippen molar-refractivity contribution in [2.45, 2.75) is 25.4 Å². The van der Waals surface area contributed by atoms with Crippen LogP contribution in [0.25, 0.3) is 0 Å². The summed E-state index contributed by atoms with van der Waals surface area (Å²) in [6, 6.07) is 1.57. The van der Waals surface area contributed by atoms with Crippen molar-refractivity contribution in [3.05, 3.63) is 29.3 Å². The topological polar surface area (TPSA) is 75.4 Å². The molecule has 0 aromatic heterocycles. The van der Waals surface area contributed by atoms with Gasteiger partial charge in [-0.2, -0.15) is 0 Å². The number of hydrogen-bond donors (Lipinski definition) is 3. The quantitative estimate of drug-likeness (QED) is 0.727. The second-order valence-corrected chi connectivity index (χ2v) is 4.82. The molecule has 0 spiro atoms. The summed E-state index contributed by atoms with van der Waals surface area (Å²) in [6.45, 7) is 0.275. The van der Waals surface area contributed by atoms with Crippen LogP contribution < -0.4 is 11.1 Å². The number of anilines is 1. The molecule has 0 saturated heterocycles. The summed E-state index contributed by atoms with van der Waals surface area (Å²) < 4.78 is 26.4. The van der Waals surface area contributed by atoms with Crippen molar-refractivity contribution in [2.24, 2.45) is 5.92 Å². The van der Waals surface area contributed by atoms with E-state index in [0.29, 0.717) is 6.07 Å². The van der Waals surface area contributed by atoms with Gasteiger partial charge in [0.2, 0.25) is 0 Å². The third-order valence-corrected chi connectivity index (χ3v) is 3.47. The molecule has 1 fully saturated rings. The van der Waals surface area contributed by atoms with Crippen LogP contribution in [0.2, 0.25) is 0 Å². The first-order chi connectivity index (χ1) is 8.99. The Morgan fingerprint density at radius 1 is 1.37 bits per heavy atom. The van der Waals surface area contributed by atoms with E-state index in [2.05, 4.69) is 5.32 Å². The number of hydrogen-bond acceptors (Lipinski definition) is 3. The average molecular weight is 270 g/mol. The lowest BCUT2D eigenvalue weighted by molar-refractivity contribution is 0.0913. The summed E-state index contributed by atoms with van der Waals surface area (Å²) in [5, 5.41) is 12.2. The molecule has 4 N–H and O–H groups in total. The fourth-order valence-electron chi connectivity index (χ4n) is 2.31. The minimum absolute atomic E-state index is 0.00944. The minimum atomic E-state index is -0.948. The third kappa shape index (κ3) is 3.01. The number of rotatable bonds is 3. The Morgan fingerprint density at radius 2 is 2.11 bits per heavy atom. The number of benzene rings is 1. The lowest BCUT2D eigenvalue weighted by Gasteiger charge is -2.15. The highest BCUT2D eigenvalue weighted by Gasteiger charge is 2.26. The summed E-state index contributed by atoms with van der Waals surface area (Å²) in [6.07, 6.45) is 2.04. The van der Waals surface area contributed by atoms with Crippen LogP contribution in [0.5, 0.6) is 0 Å². The Labute approximate surface area is 109 Å². The highest BCUT2D eigenvalue weighted by atomic mass is 19.1. The van der Waals surface area contributed by atoms with E-state index in [0.717, 1.165) is 25.3 Å². The number of amides is 1. The lowest BCUT2D eigenvalue weighted by atomic mass is 10.1. The van der Waals surface area contributed by atoms with Crippen molar-refractivity contribution in [2.75, 3.05) is 12.3 Å². The van der Waals surface area contributed by atoms with Gasteiger partial charge < -0.3 is 16.2 Å². The van der Waals surface area contributed by atoms with Crippen molar-refractivity contribution in [1.29, 1.82) is 0 Å². The van der Waals surface area contributed by atoms with Gasteiger partial charge in [0.05, 0.1) is 17.4 Å². The monoisotopic (exact) mass is 270 g/mol. The molecule has 0 radical (unpaired) electrons. The third-order valence-electron chi connectivity index (χ3n) is 3.47. The van der Waals surface area contributed by atoms with E-state index in [1.165, 1.54) is 0 Å². The van der Waals surface area contributed by atoms with Gasteiger partial charge in [-0.25, -0.2) is 8.78 Å². The zero-order chi connectivity index (χ0) is 14.0. The molecule has 0 aliphatic heterocycles. The number of aliphatic hydroxyl groups is 1. The summed E-state index contributed by atoms with van der Waals surface area (Å²) in [4.78, 5) is 11.8.